The zero-order chi connectivity index (χ0) is 15.1. The zero-order valence-electron chi connectivity index (χ0n) is 12.1. The fourth-order valence-electron chi connectivity index (χ4n) is 1.65. The number of ether oxygens (including phenoxy) is 1. The maximum atomic E-state index is 12.2. The van der Waals surface area contributed by atoms with Gasteiger partial charge in [0, 0.05) is 12.2 Å². The number of aryl methyl sites for hydroxylation is 1. The van der Waals surface area contributed by atoms with Gasteiger partial charge in [-0.05, 0) is 32.9 Å². The largest absolute Gasteiger partial charge is 0.481 e. The number of hydrogen-bond acceptors (Lipinski definition) is 3. The number of carbonyl (C=O) groups excluding carboxylic acids is 1. The molecule has 110 valence electrons. The van der Waals surface area contributed by atoms with Crippen molar-refractivity contribution in [2.24, 2.45) is 0 Å². The highest BCUT2D eigenvalue weighted by Gasteiger charge is 2.17. The summed E-state index contributed by atoms with van der Waals surface area (Å²) in [5.41, 5.74) is 1.77. The first-order chi connectivity index (χ1) is 9.40. The third kappa shape index (κ3) is 5.40. The first kappa shape index (κ1) is 16.2. The second-order valence-electron chi connectivity index (χ2n) is 4.88. The standard InChI is InChI=1S/C15H21NO4/c1-11(2)20-10-14(17)16(9-8-15(18)19)13-6-4-12(3)5-7-13/h4-7,11H,8-10H2,1-3H3,(H,18,19). The Hall–Kier alpha value is -1.88. The summed E-state index contributed by atoms with van der Waals surface area (Å²) in [6, 6.07) is 7.40. The second-order valence-corrected chi connectivity index (χ2v) is 4.88. The number of nitrogens with zero attached hydrogens (tertiary/aromatic N) is 1. The van der Waals surface area contributed by atoms with Crippen LogP contribution >= 0.6 is 0 Å². The van der Waals surface area contributed by atoms with Gasteiger partial charge in [0.1, 0.15) is 6.61 Å². The predicted octanol–water partition coefficient (Wildman–Crippen LogP) is 2.23. The summed E-state index contributed by atoms with van der Waals surface area (Å²) in [5.74, 6) is -1.16. The molecule has 1 rings (SSSR count). The Kier molecular flexibility index (Phi) is 6.18. The molecular formula is C15H21NO4. The summed E-state index contributed by atoms with van der Waals surface area (Å²) in [5, 5.41) is 8.78. The van der Waals surface area contributed by atoms with Crippen molar-refractivity contribution < 1.29 is 19.4 Å². The van der Waals surface area contributed by atoms with Crippen LogP contribution < -0.4 is 4.90 Å². The predicted molar refractivity (Wildman–Crippen MR) is 76.9 cm³/mol. The van der Waals surface area contributed by atoms with E-state index in [0.717, 1.165) is 5.56 Å². The van der Waals surface area contributed by atoms with Crippen molar-refractivity contribution in [3.63, 3.8) is 0 Å². The number of carbonyl (C=O) groups is 2. The van der Waals surface area contributed by atoms with Crippen molar-refractivity contribution in [1.82, 2.24) is 0 Å². The number of carboxylic acid groups (broad SMARTS) is 1. The number of benzene rings is 1. The quantitative estimate of drug-likeness (QED) is 0.831. The summed E-state index contributed by atoms with van der Waals surface area (Å²) >= 11 is 0. The van der Waals surface area contributed by atoms with E-state index in [2.05, 4.69) is 0 Å². The molecule has 0 saturated heterocycles. The van der Waals surface area contributed by atoms with Crippen LogP contribution in [0.4, 0.5) is 5.69 Å². The molecule has 0 aliphatic carbocycles. The van der Waals surface area contributed by atoms with Crippen molar-refractivity contribution in [2.45, 2.75) is 33.3 Å². The summed E-state index contributed by atoms with van der Waals surface area (Å²) in [6.07, 6.45) is -0.139. The molecule has 1 aromatic carbocycles. The lowest BCUT2D eigenvalue weighted by Crippen LogP contribution is -2.36. The molecule has 1 amide bonds. The normalized spacial score (nSPS) is 10.6. The lowest BCUT2D eigenvalue weighted by molar-refractivity contribution is -0.136. The zero-order valence-corrected chi connectivity index (χ0v) is 12.1. The number of amides is 1. The minimum Gasteiger partial charge on any atom is -0.481 e. The van der Waals surface area contributed by atoms with E-state index < -0.39 is 5.97 Å². The Balaban J connectivity index is 2.81. The summed E-state index contributed by atoms with van der Waals surface area (Å²) in [4.78, 5) is 24.3. The number of carboxylic acids is 1. The third-order valence-electron chi connectivity index (χ3n) is 2.74. The Bertz CT molecular complexity index is 453. The number of hydrogen-bond donors (Lipinski definition) is 1. The van der Waals surface area contributed by atoms with E-state index in [-0.39, 0.29) is 31.6 Å². The molecule has 5 heteroatoms. The molecule has 5 nitrogen and oxygen atoms in total. The minimum atomic E-state index is -0.931. The van der Waals surface area contributed by atoms with Gasteiger partial charge in [0.05, 0.1) is 12.5 Å². The molecule has 20 heavy (non-hydrogen) atoms. The van der Waals surface area contributed by atoms with Crippen molar-refractivity contribution in [2.75, 3.05) is 18.1 Å². The highest BCUT2D eigenvalue weighted by molar-refractivity contribution is 5.94. The van der Waals surface area contributed by atoms with Crippen LogP contribution in [0.25, 0.3) is 0 Å². The Morgan fingerprint density at radius 1 is 1.25 bits per heavy atom. The Morgan fingerprint density at radius 3 is 2.35 bits per heavy atom. The van der Waals surface area contributed by atoms with E-state index in [1.165, 1.54) is 4.90 Å². The molecule has 0 saturated carbocycles. The average Bonchev–Trinajstić information content (AvgIpc) is 2.38. The molecule has 0 bridgehead atoms. The van der Waals surface area contributed by atoms with E-state index in [0.29, 0.717) is 5.69 Å². The Labute approximate surface area is 119 Å². The summed E-state index contributed by atoms with van der Waals surface area (Å²) in [7, 11) is 0. The summed E-state index contributed by atoms with van der Waals surface area (Å²) in [6.45, 7) is 5.74. The van der Waals surface area contributed by atoms with Gasteiger partial charge in [-0.3, -0.25) is 9.59 Å². The molecule has 0 unspecified atom stereocenters. The smallest absolute Gasteiger partial charge is 0.305 e. The van der Waals surface area contributed by atoms with Crippen molar-refractivity contribution in [1.29, 1.82) is 0 Å². The van der Waals surface area contributed by atoms with E-state index >= 15 is 0 Å². The van der Waals surface area contributed by atoms with Crippen molar-refractivity contribution in [3.05, 3.63) is 29.8 Å². The van der Waals surface area contributed by atoms with Crippen LogP contribution in [0, 0.1) is 6.92 Å². The first-order valence-corrected chi connectivity index (χ1v) is 6.60. The summed E-state index contributed by atoms with van der Waals surface area (Å²) < 4.78 is 5.30. The fourth-order valence-corrected chi connectivity index (χ4v) is 1.65. The topological polar surface area (TPSA) is 66.8 Å². The molecule has 0 fully saturated rings. The second kappa shape index (κ2) is 7.65. The molecule has 0 radical (unpaired) electrons. The van der Waals surface area contributed by atoms with Crippen LogP contribution in [0.15, 0.2) is 24.3 Å². The van der Waals surface area contributed by atoms with Gasteiger partial charge in [-0.2, -0.15) is 0 Å². The highest BCUT2D eigenvalue weighted by atomic mass is 16.5. The monoisotopic (exact) mass is 279 g/mol. The van der Waals surface area contributed by atoms with Crippen LogP contribution in [0.3, 0.4) is 0 Å². The lowest BCUT2D eigenvalue weighted by atomic mass is 10.2. The van der Waals surface area contributed by atoms with Crippen LogP contribution in [0.2, 0.25) is 0 Å². The van der Waals surface area contributed by atoms with E-state index in [1.54, 1.807) is 0 Å². The first-order valence-electron chi connectivity index (χ1n) is 6.60. The van der Waals surface area contributed by atoms with Gasteiger partial charge < -0.3 is 14.7 Å². The fraction of sp³-hybridized carbons (Fsp3) is 0.467. The van der Waals surface area contributed by atoms with E-state index in [4.69, 9.17) is 9.84 Å². The van der Waals surface area contributed by atoms with Crippen LogP contribution in [0.5, 0.6) is 0 Å². The van der Waals surface area contributed by atoms with Gasteiger partial charge in [-0.1, -0.05) is 17.7 Å². The van der Waals surface area contributed by atoms with E-state index in [1.807, 2.05) is 45.0 Å². The molecule has 0 heterocycles. The van der Waals surface area contributed by atoms with Gasteiger partial charge in [-0.15, -0.1) is 0 Å². The molecule has 0 aliphatic rings. The lowest BCUT2D eigenvalue weighted by Gasteiger charge is -2.23. The van der Waals surface area contributed by atoms with Crippen LogP contribution in [0.1, 0.15) is 25.8 Å². The van der Waals surface area contributed by atoms with Gasteiger partial charge in [-0.25, -0.2) is 0 Å². The number of rotatable bonds is 7. The maximum Gasteiger partial charge on any atom is 0.305 e. The highest BCUT2D eigenvalue weighted by Crippen LogP contribution is 2.16. The molecule has 0 spiro atoms. The van der Waals surface area contributed by atoms with Crippen LogP contribution in [-0.4, -0.2) is 36.2 Å². The van der Waals surface area contributed by atoms with Crippen LogP contribution in [-0.2, 0) is 14.3 Å². The van der Waals surface area contributed by atoms with Crippen molar-refractivity contribution in [3.8, 4) is 0 Å². The van der Waals surface area contributed by atoms with Gasteiger partial charge in [0.15, 0.2) is 0 Å². The minimum absolute atomic E-state index is 0.0432. The number of anilines is 1. The molecular weight excluding hydrogens is 258 g/mol. The van der Waals surface area contributed by atoms with Gasteiger partial charge >= 0.3 is 5.97 Å². The molecule has 0 aromatic heterocycles. The molecule has 0 aliphatic heterocycles. The SMILES string of the molecule is Cc1ccc(N(CCC(=O)O)C(=O)COC(C)C)cc1. The van der Waals surface area contributed by atoms with E-state index in [9.17, 15) is 9.59 Å². The number of aliphatic carboxylic acids is 1. The molecule has 1 aromatic rings. The molecule has 0 atom stereocenters. The Morgan fingerprint density at radius 2 is 1.85 bits per heavy atom. The maximum absolute atomic E-state index is 12.2. The average molecular weight is 279 g/mol. The molecule has 1 N–H and O–H groups in total. The van der Waals surface area contributed by atoms with Gasteiger partial charge in [0.25, 0.3) is 5.91 Å². The third-order valence-corrected chi connectivity index (χ3v) is 2.74. The van der Waals surface area contributed by atoms with Gasteiger partial charge in [0.2, 0.25) is 0 Å². The van der Waals surface area contributed by atoms with Crippen molar-refractivity contribution >= 4 is 17.6 Å².